The minimum Gasteiger partial charge on any atom is -0.462 e. The normalized spacial score (nSPS) is 14.3. The monoisotopic (exact) mass is 1310 g/mol. The number of carbonyl (C=O) groups excluding carboxylic acids is 4. The van der Waals surface area contributed by atoms with E-state index >= 15 is 0 Å². The van der Waals surface area contributed by atoms with Gasteiger partial charge in [0.25, 0.3) is 0 Å². The van der Waals surface area contributed by atoms with Crippen molar-refractivity contribution in [2.24, 2.45) is 23.7 Å². The van der Waals surface area contributed by atoms with Crippen LogP contribution in [0.3, 0.4) is 0 Å². The third kappa shape index (κ3) is 64.6. The number of unbranched alkanes of at least 4 members (excludes halogenated alkanes) is 33. The van der Waals surface area contributed by atoms with Crippen molar-refractivity contribution in [2.45, 2.75) is 363 Å². The summed E-state index contributed by atoms with van der Waals surface area (Å²) in [5.74, 6) is 0.791. The van der Waals surface area contributed by atoms with Crippen molar-refractivity contribution in [3.8, 4) is 0 Å². The van der Waals surface area contributed by atoms with Crippen LogP contribution in [-0.2, 0) is 65.4 Å². The maximum atomic E-state index is 13.0. The van der Waals surface area contributed by atoms with Gasteiger partial charge in [-0.1, -0.05) is 293 Å². The molecule has 0 aromatic heterocycles. The summed E-state index contributed by atoms with van der Waals surface area (Å²) in [5, 5.41) is 10.6. The lowest BCUT2D eigenvalue weighted by atomic mass is 10.0. The summed E-state index contributed by atoms with van der Waals surface area (Å²) in [7, 11) is -9.90. The SMILES string of the molecule is CC(C)CCCCCCCCCCCCCCCCC(=O)OC[C@H](COP(=O)(O)OCC(O)COP(=O)(O)OC[C@@H](COC(=O)CCCCCCCCCC(C)C)OC(=O)CCCCCCCCC(C)C)OC(=O)CCCCCCCCCCCCC(C)C. The third-order valence-corrected chi connectivity index (χ3v) is 18.0. The van der Waals surface area contributed by atoms with Crippen LogP contribution in [0.4, 0.5) is 0 Å². The van der Waals surface area contributed by atoms with Crippen molar-refractivity contribution < 1.29 is 80.2 Å². The number of phosphoric ester groups is 2. The molecule has 528 valence electrons. The first-order valence-electron chi connectivity index (χ1n) is 36.2. The average molecular weight is 1310 g/mol. The van der Waals surface area contributed by atoms with Crippen LogP contribution in [0.15, 0.2) is 0 Å². The van der Waals surface area contributed by atoms with E-state index < -0.39 is 97.5 Å². The molecule has 3 N–H and O–H groups in total. The van der Waals surface area contributed by atoms with Crippen molar-refractivity contribution in [1.82, 2.24) is 0 Å². The van der Waals surface area contributed by atoms with Crippen LogP contribution >= 0.6 is 15.6 Å². The summed E-state index contributed by atoms with van der Waals surface area (Å²) in [6, 6.07) is 0. The highest BCUT2D eigenvalue weighted by Gasteiger charge is 2.30. The zero-order chi connectivity index (χ0) is 66.1. The Morgan fingerprint density at radius 3 is 0.697 bits per heavy atom. The minimum atomic E-state index is -4.95. The number of ether oxygens (including phenoxy) is 4. The fourth-order valence-corrected chi connectivity index (χ4v) is 12.1. The zero-order valence-corrected chi connectivity index (χ0v) is 59.8. The first-order valence-corrected chi connectivity index (χ1v) is 39.2. The quantitative estimate of drug-likeness (QED) is 0.0222. The Kier molecular flexibility index (Phi) is 58.5. The van der Waals surface area contributed by atoms with Crippen LogP contribution in [0.1, 0.15) is 344 Å². The number of aliphatic hydroxyl groups excluding tert-OH is 1. The summed E-state index contributed by atoms with van der Waals surface area (Å²) in [4.78, 5) is 72.5. The van der Waals surface area contributed by atoms with Gasteiger partial charge in [-0.15, -0.1) is 0 Å². The van der Waals surface area contributed by atoms with Gasteiger partial charge in [-0.3, -0.25) is 37.3 Å². The van der Waals surface area contributed by atoms with Gasteiger partial charge in [0.1, 0.15) is 19.3 Å². The number of phosphoric acid groups is 2. The molecule has 0 radical (unpaired) electrons. The molecule has 0 aliphatic carbocycles. The molecule has 0 aromatic rings. The van der Waals surface area contributed by atoms with E-state index in [2.05, 4.69) is 55.4 Å². The summed E-state index contributed by atoms with van der Waals surface area (Å²) in [6.07, 6.45) is 42.0. The number of rotatable bonds is 67. The van der Waals surface area contributed by atoms with E-state index in [4.69, 9.17) is 37.0 Å². The lowest BCUT2D eigenvalue weighted by Crippen LogP contribution is -2.30. The standard InChI is InChI=1S/C70H136O17P2/c1-60(2)46-38-30-22-17-13-11-9-10-12-14-19-25-34-42-50-67(72)80-56-65(86-69(74)52-44-36-26-20-16-15-18-23-31-39-47-61(3)4)58-84-88(76,77)82-54-64(71)55-83-89(78,79)85-59-66(87-70(75)53-45-37-29-28-33-41-49-63(7)8)57-81-68(73)51-43-35-27-21-24-32-40-48-62(5)6/h60-66,71H,9-59H2,1-8H3,(H,76,77)(H,78,79)/t64?,65-,66-/m1/s1. The van der Waals surface area contributed by atoms with E-state index in [-0.39, 0.29) is 25.7 Å². The summed E-state index contributed by atoms with van der Waals surface area (Å²) in [6.45, 7) is 14.0. The molecule has 0 heterocycles. The van der Waals surface area contributed by atoms with Gasteiger partial charge in [0, 0.05) is 25.7 Å². The zero-order valence-electron chi connectivity index (χ0n) is 58.1. The molecule has 0 aliphatic heterocycles. The van der Waals surface area contributed by atoms with E-state index in [0.717, 1.165) is 108 Å². The lowest BCUT2D eigenvalue weighted by molar-refractivity contribution is -0.161. The molecule has 5 atom stereocenters. The van der Waals surface area contributed by atoms with Gasteiger partial charge in [0.2, 0.25) is 0 Å². The van der Waals surface area contributed by atoms with Crippen LogP contribution in [0.25, 0.3) is 0 Å². The molecular formula is C70H136O17P2. The maximum absolute atomic E-state index is 13.0. The summed E-state index contributed by atoms with van der Waals surface area (Å²) < 4.78 is 68.2. The highest BCUT2D eigenvalue weighted by molar-refractivity contribution is 7.47. The molecule has 89 heavy (non-hydrogen) atoms. The van der Waals surface area contributed by atoms with Gasteiger partial charge in [-0.25, -0.2) is 9.13 Å². The number of aliphatic hydroxyl groups is 1. The van der Waals surface area contributed by atoms with E-state index in [9.17, 15) is 43.2 Å². The highest BCUT2D eigenvalue weighted by Crippen LogP contribution is 2.45. The number of esters is 4. The van der Waals surface area contributed by atoms with Crippen molar-refractivity contribution in [3.05, 3.63) is 0 Å². The molecule has 0 bridgehead atoms. The topological polar surface area (TPSA) is 237 Å². The molecule has 0 spiro atoms. The molecule has 0 amide bonds. The predicted octanol–water partition coefficient (Wildman–Crippen LogP) is 19.7. The number of carbonyl (C=O) groups is 4. The number of hydrogen-bond acceptors (Lipinski definition) is 15. The van der Waals surface area contributed by atoms with E-state index in [1.165, 1.54) is 141 Å². The molecule has 17 nitrogen and oxygen atoms in total. The Balaban J connectivity index is 5.21. The Morgan fingerprint density at radius 1 is 0.281 bits per heavy atom. The molecule has 0 aliphatic rings. The van der Waals surface area contributed by atoms with E-state index in [1.807, 2.05) is 0 Å². The van der Waals surface area contributed by atoms with E-state index in [1.54, 1.807) is 0 Å². The second-order valence-corrected chi connectivity index (χ2v) is 30.1. The second-order valence-electron chi connectivity index (χ2n) is 27.2. The maximum Gasteiger partial charge on any atom is 0.472 e. The Morgan fingerprint density at radius 2 is 0.472 bits per heavy atom. The van der Waals surface area contributed by atoms with Gasteiger partial charge >= 0.3 is 39.5 Å². The summed E-state index contributed by atoms with van der Waals surface area (Å²) in [5.41, 5.74) is 0. The predicted molar refractivity (Wildman–Crippen MR) is 358 cm³/mol. The smallest absolute Gasteiger partial charge is 0.462 e. The highest BCUT2D eigenvalue weighted by atomic mass is 31.2. The Labute approximate surface area is 543 Å². The Hall–Kier alpha value is -1.94. The molecule has 0 aromatic carbocycles. The van der Waals surface area contributed by atoms with Crippen molar-refractivity contribution in [3.63, 3.8) is 0 Å². The first kappa shape index (κ1) is 87.1. The lowest BCUT2D eigenvalue weighted by Gasteiger charge is -2.21. The van der Waals surface area contributed by atoms with Crippen LogP contribution in [-0.4, -0.2) is 96.7 Å². The molecule has 0 fully saturated rings. The van der Waals surface area contributed by atoms with Crippen LogP contribution in [0.2, 0.25) is 0 Å². The second kappa shape index (κ2) is 59.8. The fraction of sp³-hybridized carbons (Fsp3) is 0.943. The van der Waals surface area contributed by atoms with Gasteiger partial charge in [-0.05, 0) is 49.4 Å². The van der Waals surface area contributed by atoms with Gasteiger partial charge in [-0.2, -0.15) is 0 Å². The van der Waals surface area contributed by atoms with Gasteiger partial charge in [0.15, 0.2) is 12.2 Å². The third-order valence-electron chi connectivity index (χ3n) is 16.1. The van der Waals surface area contributed by atoms with Crippen molar-refractivity contribution in [2.75, 3.05) is 39.6 Å². The average Bonchev–Trinajstić information content (AvgIpc) is 3.61. The van der Waals surface area contributed by atoms with Gasteiger partial charge in [0.05, 0.1) is 26.4 Å². The van der Waals surface area contributed by atoms with Gasteiger partial charge < -0.3 is 33.8 Å². The van der Waals surface area contributed by atoms with E-state index in [0.29, 0.717) is 37.5 Å². The molecule has 0 rings (SSSR count). The molecule has 19 heteroatoms. The largest absolute Gasteiger partial charge is 0.472 e. The van der Waals surface area contributed by atoms with Crippen molar-refractivity contribution in [1.29, 1.82) is 0 Å². The summed E-state index contributed by atoms with van der Waals surface area (Å²) >= 11 is 0. The van der Waals surface area contributed by atoms with Crippen LogP contribution in [0.5, 0.6) is 0 Å². The van der Waals surface area contributed by atoms with Crippen LogP contribution < -0.4 is 0 Å². The van der Waals surface area contributed by atoms with Crippen LogP contribution in [0, 0.1) is 23.7 Å². The Bertz CT molecular complexity index is 1760. The molecular weight excluding hydrogens is 1170 g/mol. The first-order chi connectivity index (χ1) is 42.6. The number of hydrogen-bond donors (Lipinski definition) is 3. The molecule has 0 saturated heterocycles. The van der Waals surface area contributed by atoms with Crippen molar-refractivity contribution >= 4 is 39.5 Å². The molecule has 0 saturated carbocycles. The fourth-order valence-electron chi connectivity index (χ4n) is 10.5. The minimum absolute atomic E-state index is 0.101. The molecule has 3 unspecified atom stereocenters.